The van der Waals surface area contributed by atoms with Crippen LogP contribution in [0, 0.1) is 11.8 Å². The van der Waals surface area contributed by atoms with E-state index in [2.05, 4.69) is 5.10 Å². The minimum absolute atomic E-state index is 0. The number of carbonyl (C=O) groups is 1. The molecule has 0 bridgehead atoms. The molecule has 2 rings (SSSR count). The number of amides is 1. The van der Waals surface area contributed by atoms with E-state index in [1.807, 2.05) is 28.9 Å². The standard InChI is InChI=1S/C13H22N4O.2ClH/c1-16(8-9-17-7-3-6-15-17)13(18)12-5-2-4-11(12)10-14;;/h3,6-7,11-12H,2,4-5,8-10,14H2,1H3;2*1H/t11-,12-;;/m1../s1. The van der Waals surface area contributed by atoms with Crippen molar-refractivity contribution >= 4 is 30.7 Å². The average Bonchev–Trinajstić information content (AvgIpc) is 3.05. The van der Waals surface area contributed by atoms with E-state index >= 15 is 0 Å². The van der Waals surface area contributed by atoms with Crippen molar-refractivity contribution in [2.75, 3.05) is 20.1 Å². The number of nitrogens with zero attached hydrogens (tertiary/aromatic N) is 3. The molecule has 20 heavy (non-hydrogen) atoms. The zero-order valence-electron chi connectivity index (χ0n) is 11.8. The SMILES string of the molecule is CN(CCn1cccn1)C(=O)[C@@H]1CCC[C@@H]1CN.Cl.Cl. The Labute approximate surface area is 132 Å². The smallest absolute Gasteiger partial charge is 0.225 e. The van der Waals surface area contributed by atoms with Crippen LogP contribution in [0.2, 0.25) is 0 Å². The van der Waals surface area contributed by atoms with Crippen molar-refractivity contribution < 1.29 is 4.79 Å². The molecule has 1 aliphatic rings. The number of carbonyl (C=O) groups excluding carboxylic acids is 1. The summed E-state index contributed by atoms with van der Waals surface area (Å²) < 4.78 is 1.85. The molecule has 2 atom stereocenters. The normalized spacial score (nSPS) is 20.9. The highest BCUT2D eigenvalue weighted by molar-refractivity contribution is 5.85. The molecule has 0 radical (unpaired) electrons. The maximum absolute atomic E-state index is 12.3. The van der Waals surface area contributed by atoms with E-state index in [-0.39, 0.29) is 36.6 Å². The third kappa shape index (κ3) is 4.65. The third-order valence-corrected chi connectivity index (χ3v) is 3.88. The van der Waals surface area contributed by atoms with Crippen LogP contribution in [-0.4, -0.2) is 40.7 Å². The Bertz CT molecular complexity index is 386. The Morgan fingerprint density at radius 1 is 1.45 bits per heavy atom. The summed E-state index contributed by atoms with van der Waals surface area (Å²) in [7, 11) is 1.87. The molecule has 1 amide bonds. The number of halogens is 2. The van der Waals surface area contributed by atoms with E-state index < -0.39 is 0 Å². The first kappa shape index (κ1) is 19.2. The second-order valence-corrected chi connectivity index (χ2v) is 5.06. The van der Waals surface area contributed by atoms with Gasteiger partial charge in [-0.1, -0.05) is 6.42 Å². The highest BCUT2D eigenvalue weighted by atomic mass is 35.5. The minimum atomic E-state index is 0. The Morgan fingerprint density at radius 3 is 2.80 bits per heavy atom. The van der Waals surface area contributed by atoms with E-state index in [1.165, 1.54) is 0 Å². The molecule has 1 aliphatic carbocycles. The third-order valence-electron chi connectivity index (χ3n) is 3.88. The Kier molecular flexibility index (Phi) is 8.85. The quantitative estimate of drug-likeness (QED) is 0.894. The molecule has 0 aliphatic heterocycles. The van der Waals surface area contributed by atoms with E-state index in [9.17, 15) is 4.79 Å². The van der Waals surface area contributed by atoms with Gasteiger partial charge < -0.3 is 10.6 Å². The van der Waals surface area contributed by atoms with Crippen molar-refractivity contribution in [1.29, 1.82) is 0 Å². The summed E-state index contributed by atoms with van der Waals surface area (Å²) in [5.41, 5.74) is 5.73. The van der Waals surface area contributed by atoms with E-state index in [0.29, 0.717) is 19.0 Å². The van der Waals surface area contributed by atoms with Crippen LogP contribution in [0.1, 0.15) is 19.3 Å². The lowest BCUT2D eigenvalue weighted by Gasteiger charge is -2.24. The molecule has 0 saturated heterocycles. The van der Waals surface area contributed by atoms with Gasteiger partial charge in [0.05, 0.1) is 6.54 Å². The fraction of sp³-hybridized carbons (Fsp3) is 0.692. The molecule has 1 heterocycles. The van der Waals surface area contributed by atoms with Crippen molar-refractivity contribution in [3.05, 3.63) is 18.5 Å². The predicted octanol–water partition coefficient (Wildman–Crippen LogP) is 1.56. The van der Waals surface area contributed by atoms with Gasteiger partial charge in [-0.2, -0.15) is 5.10 Å². The first-order valence-electron chi connectivity index (χ1n) is 6.65. The molecule has 1 fully saturated rings. The van der Waals surface area contributed by atoms with Crippen molar-refractivity contribution in [3.8, 4) is 0 Å². The molecule has 5 nitrogen and oxygen atoms in total. The number of nitrogens with two attached hydrogens (primary N) is 1. The van der Waals surface area contributed by atoms with Gasteiger partial charge in [-0.05, 0) is 31.4 Å². The summed E-state index contributed by atoms with van der Waals surface area (Å²) in [6.45, 7) is 2.08. The van der Waals surface area contributed by atoms with Gasteiger partial charge in [0.1, 0.15) is 0 Å². The molecule has 0 unspecified atom stereocenters. The molecule has 116 valence electrons. The molecule has 0 spiro atoms. The van der Waals surface area contributed by atoms with Gasteiger partial charge in [-0.25, -0.2) is 0 Å². The van der Waals surface area contributed by atoms with Gasteiger partial charge in [-0.3, -0.25) is 9.48 Å². The zero-order chi connectivity index (χ0) is 13.0. The highest BCUT2D eigenvalue weighted by Crippen LogP contribution is 2.32. The molecule has 1 aromatic heterocycles. The minimum Gasteiger partial charge on any atom is -0.344 e. The lowest BCUT2D eigenvalue weighted by molar-refractivity contribution is -0.135. The summed E-state index contributed by atoms with van der Waals surface area (Å²) in [6, 6.07) is 1.89. The van der Waals surface area contributed by atoms with Gasteiger partial charge in [-0.15, -0.1) is 24.8 Å². The fourth-order valence-corrected chi connectivity index (χ4v) is 2.72. The summed E-state index contributed by atoms with van der Waals surface area (Å²) in [5, 5.41) is 4.13. The number of rotatable bonds is 5. The Hall–Kier alpha value is -0.780. The van der Waals surface area contributed by atoms with Crippen molar-refractivity contribution in [3.63, 3.8) is 0 Å². The number of hydrogen-bond donors (Lipinski definition) is 1. The summed E-state index contributed by atoms with van der Waals surface area (Å²) in [4.78, 5) is 14.1. The van der Waals surface area contributed by atoms with Crippen LogP contribution >= 0.6 is 24.8 Å². The van der Waals surface area contributed by atoms with Gasteiger partial charge in [0.25, 0.3) is 0 Å². The number of aromatic nitrogens is 2. The maximum Gasteiger partial charge on any atom is 0.225 e. The van der Waals surface area contributed by atoms with Crippen molar-refractivity contribution in [1.82, 2.24) is 14.7 Å². The van der Waals surface area contributed by atoms with Gasteiger partial charge >= 0.3 is 0 Å². The molecular formula is C13H24Cl2N4O. The summed E-state index contributed by atoms with van der Waals surface area (Å²) in [5.74, 6) is 0.761. The molecule has 1 aromatic rings. The van der Waals surface area contributed by atoms with Gasteiger partial charge in [0.15, 0.2) is 0 Å². The summed E-state index contributed by atoms with van der Waals surface area (Å²) in [6.07, 6.45) is 6.89. The van der Waals surface area contributed by atoms with Crippen LogP contribution in [0.15, 0.2) is 18.5 Å². The highest BCUT2D eigenvalue weighted by Gasteiger charge is 2.33. The maximum atomic E-state index is 12.3. The fourth-order valence-electron chi connectivity index (χ4n) is 2.72. The van der Waals surface area contributed by atoms with Gasteiger partial charge in [0.2, 0.25) is 5.91 Å². The predicted molar refractivity (Wildman–Crippen MR) is 84.2 cm³/mol. The van der Waals surface area contributed by atoms with Crippen LogP contribution < -0.4 is 5.73 Å². The second-order valence-electron chi connectivity index (χ2n) is 5.06. The topological polar surface area (TPSA) is 64.2 Å². The van der Waals surface area contributed by atoms with Crippen LogP contribution in [-0.2, 0) is 11.3 Å². The van der Waals surface area contributed by atoms with E-state index in [4.69, 9.17) is 5.73 Å². The summed E-state index contributed by atoms with van der Waals surface area (Å²) >= 11 is 0. The zero-order valence-corrected chi connectivity index (χ0v) is 13.4. The largest absolute Gasteiger partial charge is 0.344 e. The molecular weight excluding hydrogens is 299 g/mol. The van der Waals surface area contributed by atoms with Crippen LogP contribution in [0.4, 0.5) is 0 Å². The van der Waals surface area contributed by atoms with Crippen LogP contribution in [0.5, 0.6) is 0 Å². The first-order chi connectivity index (χ1) is 8.72. The van der Waals surface area contributed by atoms with E-state index in [1.54, 1.807) is 6.20 Å². The molecule has 1 saturated carbocycles. The molecule has 2 N–H and O–H groups in total. The van der Waals surface area contributed by atoms with Crippen molar-refractivity contribution in [2.45, 2.75) is 25.8 Å². The Balaban J connectivity index is 0.00000180. The Morgan fingerprint density at radius 2 is 2.20 bits per heavy atom. The lowest BCUT2D eigenvalue weighted by Crippen LogP contribution is -2.38. The van der Waals surface area contributed by atoms with E-state index in [0.717, 1.165) is 25.8 Å². The molecule has 0 aromatic carbocycles. The first-order valence-corrected chi connectivity index (χ1v) is 6.65. The number of likely N-dealkylation sites (N-methyl/N-ethyl adjacent to an activating group) is 1. The van der Waals surface area contributed by atoms with Crippen LogP contribution in [0.25, 0.3) is 0 Å². The van der Waals surface area contributed by atoms with Crippen LogP contribution in [0.3, 0.4) is 0 Å². The second kappa shape index (κ2) is 9.21. The monoisotopic (exact) mass is 322 g/mol. The lowest BCUT2D eigenvalue weighted by atomic mass is 9.95. The number of hydrogen-bond acceptors (Lipinski definition) is 3. The van der Waals surface area contributed by atoms with Crippen molar-refractivity contribution in [2.24, 2.45) is 17.6 Å². The molecule has 7 heteroatoms. The average molecular weight is 323 g/mol. The van der Waals surface area contributed by atoms with Gasteiger partial charge in [0, 0.05) is 31.9 Å².